The Balaban J connectivity index is 2.31. The first-order valence-electron chi connectivity index (χ1n) is 7.43. The highest BCUT2D eigenvalue weighted by molar-refractivity contribution is 5.96. The van der Waals surface area contributed by atoms with E-state index in [1.807, 2.05) is 31.2 Å². The number of hydrogen-bond donors (Lipinski definition) is 1. The molecule has 1 unspecified atom stereocenters. The van der Waals surface area contributed by atoms with Crippen LogP contribution in [0.2, 0.25) is 0 Å². The number of piperazine rings is 1. The molecule has 1 aromatic rings. The molecule has 1 amide bonds. The Morgan fingerprint density at radius 1 is 1.35 bits per heavy atom. The van der Waals surface area contributed by atoms with Gasteiger partial charge in [-0.1, -0.05) is 32.0 Å². The monoisotopic (exact) mass is 274 g/mol. The van der Waals surface area contributed by atoms with E-state index in [-0.39, 0.29) is 17.5 Å². The Bertz CT molecular complexity index is 494. The van der Waals surface area contributed by atoms with Gasteiger partial charge in [-0.15, -0.1) is 0 Å². The van der Waals surface area contributed by atoms with E-state index in [0.29, 0.717) is 5.92 Å². The number of rotatable bonds is 2. The maximum atomic E-state index is 12.9. The number of amides is 1. The van der Waals surface area contributed by atoms with Gasteiger partial charge in [0, 0.05) is 30.2 Å². The Kier molecular flexibility index (Phi) is 4.19. The van der Waals surface area contributed by atoms with Crippen LogP contribution in [-0.4, -0.2) is 35.5 Å². The molecule has 1 fully saturated rings. The number of aryl methyl sites for hydroxylation is 1. The summed E-state index contributed by atoms with van der Waals surface area (Å²) >= 11 is 0. The molecule has 0 aliphatic carbocycles. The van der Waals surface area contributed by atoms with Crippen LogP contribution < -0.4 is 5.32 Å². The molecular formula is C17H26N2O. The molecule has 0 saturated carbocycles. The summed E-state index contributed by atoms with van der Waals surface area (Å²) in [5, 5.41) is 3.55. The Hall–Kier alpha value is -1.35. The molecule has 1 saturated heterocycles. The second kappa shape index (κ2) is 5.57. The average molecular weight is 274 g/mol. The van der Waals surface area contributed by atoms with Crippen molar-refractivity contribution >= 4 is 5.91 Å². The van der Waals surface area contributed by atoms with Crippen LogP contribution in [0.3, 0.4) is 0 Å². The molecule has 0 aromatic heterocycles. The first-order valence-corrected chi connectivity index (χ1v) is 7.43. The van der Waals surface area contributed by atoms with Crippen molar-refractivity contribution in [3.05, 3.63) is 35.4 Å². The number of carbonyl (C=O) groups excluding carboxylic acids is 1. The minimum Gasteiger partial charge on any atom is -0.332 e. The van der Waals surface area contributed by atoms with E-state index in [1.165, 1.54) is 0 Å². The number of nitrogens with one attached hydrogen (secondary N) is 1. The minimum absolute atomic E-state index is 0.0241. The molecule has 1 aromatic carbocycles. The molecule has 0 radical (unpaired) electrons. The fourth-order valence-corrected chi connectivity index (χ4v) is 2.88. The quantitative estimate of drug-likeness (QED) is 0.899. The van der Waals surface area contributed by atoms with Crippen LogP contribution >= 0.6 is 0 Å². The third-order valence-corrected chi connectivity index (χ3v) is 4.16. The summed E-state index contributed by atoms with van der Waals surface area (Å²) in [7, 11) is 0. The first kappa shape index (κ1) is 15.0. The van der Waals surface area contributed by atoms with Gasteiger partial charge < -0.3 is 10.2 Å². The largest absolute Gasteiger partial charge is 0.332 e. The van der Waals surface area contributed by atoms with E-state index < -0.39 is 0 Å². The molecule has 1 aliphatic rings. The van der Waals surface area contributed by atoms with Crippen molar-refractivity contribution in [2.45, 2.75) is 46.2 Å². The van der Waals surface area contributed by atoms with E-state index in [1.54, 1.807) is 0 Å². The molecule has 0 bridgehead atoms. The van der Waals surface area contributed by atoms with Crippen LogP contribution in [0.25, 0.3) is 0 Å². The lowest BCUT2D eigenvalue weighted by Gasteiger charge is -2.46. The zero-order valence-electron chi connectivity index (χ0n) is 13.2. The van der Waals surface area contributed by atoms with Crippen LogP contribution in [0.1, 0.15) is 43.6 Å². The molecule has 2 rings (SSSR count). The van der Waals surface area contributed by atoms with Gasteiger partial charge in [-0.05, 0) is 38.3 Å². The summed E-state index contributed by atoms with van der Waals surface area (Å²) in [6.07, 6.45) is 0. The average Bonchev–Trinajstić information content (AvgIpc) is 2.37. The van der Waals surface area contributed by atoms with E-state index in [4.69, 9.17) is 0 Å². The van der Waals surface area contributed by atoms with E-state index in [2.05, 4.69) is 37.9 Å². The van der Waals surface area contributed by atoms with Gasteiger partial charge in [-0.2, -0.15) is 0 Å². The third kappa shape index (κ3) is 3.04. The Labute approximate surface area is 122 Å². The number of benzene rings is 1. The van der Waals surface area contributed by atoms with Gasteiger partial charge in [0.15, 0.2) is 0 Å². The number of carbonyl (C=O) groups is 1. The standard InChI is InChI=1S/C17H26N2O/c1-12(2)15-10-18-17(4,5)11-19(15)16(20)14-9-7-6-8-13(14)3/h6-9,12,15,18H,10-11H2,1-5H3. The lowest BCUT2D eigenvalue weighted by molar-refractivity contribution is 0.0416. The van der Waals surface area contributed by atoms with Gasteiger partial charge in [0.05, 0.1) is 0 Å². The zero-order chi connectivity index (χ0) is 14.9. The summed E-state index contributed by atoms with van der Waals surface area (Å²) in [4.78, 5) is 15.0. The highest BCUT2D eigenvalue weighted by Crippen LogP contribution is 2.23. The predicted molar refractivity (Wildman–Crippen MR) is 82.9 cm³/mol. The Morgan fingerprint density at radius 3 is 2.60 bits per heavy atom. The van der Waals surface area contributed by atoms with E-state index in [0.717, 1.165) is 24.2 Å². The highest BCUT2D eigenvalue weighted by atomic mass is 16.2. The predicted octanol–water partition coefficient (Wildman–Crippen LogP) is 2.84. The summed E-state index contributed by atoms with van der Waals surface area (Å²) in [5.74, 6) is 0.614. The molecule has 1 N–H and O–H groups in total. The van der Waals surface area contributed by atoms with Gasteiger partial charge in [0.2, 0.25) is 0 Å². The summed E-state index contributed by atoms with van der Waals surface area (Å²) in [5.41, 5.74) is 1.86. The summed E-state index contributed by atoms with van der Waals surface area (Å²) in [6, 6.07) is 8.12. The van der Waals surface area contributed by atoms with Crippen LogP contribution in [-0.2, 0) is 0 Å². The minimum atomic E-state index is -0.0241. The second-order valence-electron chi connectivity index (χ2n) is 6.82. The SMILES string of the molecule is Cc1ccccc1C(=O)N1CC(C)(C)NCC1C(C)C. The van der Waals surface area contributed by atoms with Gasteiger partial charge >= 0.3 is 0 Å². The van der Waals surface area contributed by atoms with Gasteiger partial charge in [0.25, 0.3) is 5.91 Å². The Morgan fingerprint density at radius 2 is 2.00 bits per heavy atom. The molecule has 1 atom stereocenters. The second-order valence-corrected chi connectivity index (χ2v) is 6.82. The van der Waals surface area contributed by atoms with Crippen molar-refractivity contribution < 1.29 is 4.79 Å². The molecule has 110 valence electrons. The zero-order valence-corrected chi connectivity index (χ0v) is 13.2. The first-order chi connectivity index (χ1) is 9.32. The maximum absolute atomic E-state index is 12.9. The van der Waals surface area contributed by atoms with E-state index in [9.17, 15) is 4.79 Å². The van der Waals surface area contributed by atoms with Crippen molar-refractivity contribution in [3.63, 3.8) is 0 Å². The lowest BCUT2D eigenvalue weighted by atomic mass is 9.92. The van der Waals surface area contributed by atoms with Crippen molar-refractivity contribution in [1.82, 2.24) is 10.2 Å². The molecule has 1 heterocycles. The summed E-state index contributed by atoms with van der Waals surface area (Å²) < 4.78 is 0. The van der Waals surface area contributed by atoms with Crippen LogP contribution in [0.4, 0.5) is 0 Å². The number of nitrogens with zero attached hydrogens (tertiary/aromatic N) is 1. The van der Waals surface area contributed by atoms with Crippen molar-refractivity contribution in [3.8, 4) is 0 Å². The third-order valence-electron chi connectivity index (χ3n) is 4.16. The molecule has 3 nitrogen and oxygen atoms in total. The fourth-order valence-electron chi connectivity index (χ4n) is 2.88. The van der Waals surface area contributed by atoms with Gasteiger partial charge in [0.1, 0.15) is 0 Å². The fraction of sp³-hybridized carbons (Fsp3) is 0.588. The molecule has 20 heavy (non-hydrogen) atoms. The topological polar surface area (TPSA) is 32.3 Å². The highest BCUT2D eigenvalue weighted by Gasteiger charge is 2.37. The lowest BCUT2D eigenvalue weighted by Crippen LogP contribution is -2.64. The number of hydrogen-bond acceptors (Lipinski definition) is 2. The van der Waals surface area contributed by atoms with Crippen LogP contribution in [0.5, 0.6) is 0 Å². The van der Waals surface area contributed by atoms with E-state index >= 15 is 0 Å². The molecule has 3 heteroatoms. The van der Waals surface area contributed by atoms with Gasteiger partial charge in [-0.25, -0.2) is 0 Å². The van der Waals surface area contributed by atoms with Crippen molar-refractivity contribution in [1.29, 1.82) is 0 Å². The van der Waals surface area contributed by atoms with Crippen molar-refractivity contribution in [2.75, 3.05) is 13.1 Å². The maximum Gasteiger partial charge on any atom is 0.254 e. The normalized spacial score (nSPS) is 22.1. The van der Waals surface area contributed by atoms with Gasteiger partial charge in [-0.3, -0.25) is 4.79 Å². The smallest absolute Gasteiger partial charge is 0.254 e. The molecule has 0 spiro atoms. The molecular weight excluding hydrogens is 248 g/mol. The molecule has 1 aliphatic heterocycles. The van der Waals surface area contributed by atoms with Crippen LogP contribution in [0, 0.1) is 12.8 Å². The summed E-state index contributed by atoms with van der Waals surface area (Å²) in [6.45, 7) is 12.3. The van der Waals surface area contributed by atoms with Crippen LogP contribution in [0.15, 0.2) is 24.3 Å². The van der Waals surface area contributed by atoms with Crippen molar-refractivity contribution in [2.24, 2.45) is 5.92 Å².